The molecule has 2 atom stereocenters. The Morgan fingerprint density at radius 2 is 1.71 bits per heavy atom. The van der Waals surface area contributed by atoms with Crippen LogP contribution in [0.1, 0.15) is 61.1 Å². The first kappa shape index (κ1) is 45.5. The van der Waals surface area contributed by atoms with Crippen molar-refractivity contribution >= 4 is 62.3 Å². The van der Waals surface area contributed by atoms with Gasteiger partial charge in [-0.15, -0.1) is 16.4 Å². The monoisotopic (exact) mass is 870 g/mol. The molecule has 4 heterocycles. The van der Waals surface area contributed by atoms with Gasteiger partial charge < -0.3 is 39.9 Å². The first-order chi connectivity index (χ1) is 27.1. The second-order valence-electron chi connectivity index (χ2n) is 15.1. The van der Waals surface area contributed by atoms with E-state index in [1.54, 1.807) is 41.5 Å². The Labute approximate surface area is 338 Å². The maximum Gasteiger partial charge on any atom is 0.413 e. The Morgan fingerprint density at radius 1 is 1.07 bits per heavy atom. The van der Waals surface area contributed by atoms with Crippen molar-refractivity contribution in [1.29, 1.82) is 0 Å². The van der Waals surface area contributed by atoms with E-state index in [1.165, 1.54) is 23.9 Å². The molecule has 1 fully saturated rings. The average molecular weight is 871 g/mol. The van der Waals surface area contributed by atoms with Crippen molar-refractivity contribution in [1.82, 2.24) is 38.7 Å². The fourth-order valence-corrected chi connectivity index (χ4v) is 6.13. The molecule has 322 valence electrons. The molecular formula is C32H42N10O15S2. The van der Waals surface area contributed by atoms with Crippen LogP contribution in [0.25, 0.3) is 11.5 Å². The highest BCUT2D eigenvalue weighted by Crippen LogP contribution is 2.22. The number of hydrogen-bond acceptors (Lipinski definition) is 19. The zero-order chi connectivity index (χ0) is 44.4. The number of aliphatic hydroxyl groups excluding tert-OH is 2. The van der Waals surface area contributed by atoms with Gasteiger partial charge in [-0.05, 0) is 55.4 Å². The fraction of sp³-hybridized carbons (Fsp3) is 0.500. The number of hydrogen-bond donors (Lipinski definition) is 7. The zero-order valence-corrected chi connectivity index (χ0v) is 34.4. The summed E-state index contributed by atoms with van der Waals surface area (Å²) < 4.78 is 38.9. The lowest BCUT2D eigenvalue weighted by Gasteiger charge is -2.36. The number of rotatable bonds is 13. The molecule has 4 rings (SSSR count). The van der Waals surface area contributed by atoms with E-state index in [0.29, 0.717) is 9.47 Å². The molecule has 0 radical (unpaired) electrons. The number of urea groups is 1. The Hall–Kier alpha value is -6.19. The number of aromatic amines is 1. The first-order valence-electron chi connectivity index (χ1n) is 17.2. The number of imide groups is 1. The van der Waals surface area contributed by atoms with Crippen LogP contribution in [0.15, 0.2) is 32.4 Å². The minimum absolute atomic E-state index is 0.0399. The second-order valence-corrected chi connectivity index (χ2v) is 17.4. The summed E-state index contributed by atoms with van der Waals surface area (Å²) in [5, 5.41) is 42.3. The lowest BCUT2D eigenvalue weighted by molar-refractivity contribution is -0.179. The highest BCUT2D eigenvalue weighted by atomic mass is 32.2. The summed E-state index contributed by atoms with van der Waals surface area (Å²) in [4.78, 5) is 102. The summed E-state index contributed by atoms with van der Waals surface area (Å²) in [6.07, 6.45) is -1.66. The van der Waals surface area contributed by atoms with Gasteiger partial charge in [-0.25, -0.2) is 28.9 Å². The van der Waals surface area contributed by atoms with Gasteiger partial charge in [0.05, 0.1) is 31.5 Å². The summed E-state index contributed by atoms with van der Waals surface area (Å²) in [6.45, 7) is 10.1. The van der Waals surface area contributed by atoms with Crippen LogP contribution in [-0.4, -0.2) is 130 Å². The van der Waals surface area contributed by atoms with Gasteiger partial charge in [0.2, 0.25) is 11.0 Å². The number of oxime groups is 1. The Bertz CT molecular complexity index is 2400. The quantitative estimate of drug-likeness (QED) is 0.0465. The molecule has 25 nitrogen and oxygen atoms in total. The lowest BCUT2D eigenvalue weighted by atomic mass is 10.1. The minimum atomic E-state index is -5.27. The normalized spacial score (nSPS) is 15.5. The molecule has 0 aliphatic carbocycles. The van der Waals surface area contributed by atoms with Gasteiger partial charge in [0, 0.05) is 17.6 Å². The van der Waals surface area contributed by atoms with Crippen LogP contribution >= 0.6 is 11.3 Å². The van der Waals surface area contributed by atoms with Crippen LogP contribution in [0.2, 0.25) is 0 Å². The van der Waals surface area contributed by atoms with Gasteiger partial charge in [-0.1, -0.05) is 9.24 Å². The second kappa shape index (κ2) is 17.0. The smallest absolute Gasteiger partial charge is 0.413 e. The van der Waals surface area contributed by atoms with Crippen molar-refractivity contribution in [3.05, 3.63) is 44.0 Å². The molecule has 59 heavy (non-hydrogen) atoms. The van der Waals surface area contributed by atoms with E-state index in [4.69, 9.17) is 14.3 Å². The Morgan fingerprint density at radius 3 is 2.29 bits per heavy atom. The molecule has 1 aliphatic heterocycles. The van der Waals surface area contributed by atoms with E-state index in [-0.39, 0.29) is 20.6 Å². The van der Waals surface area contributed by atoms with Crippen LogP contribution in [-0.2, 0) is 45.4 Å². The molecule has 7 N–H and O–H groups in total. The number of H-pyrrole nitrogens is 1. The number of ether oxygens (including phenoxy) is 2. The van der Waals surface area contributed by atoms with E-state index in [0.717, 1.165) is 23.6 Å². The van der Waals surface area contributed by atoms with Crippen molar-refractivity contribution in [2.45, 2.75) is 90.9 Å². The largest absolute Gasteiger partial charge is 0.503 e. The molecule has 0 unspecified atom stereocenters. The fourth-order valence-electron chi connectivity index (χ4n) is 4.54. The molecule has 3 aromatic rings. The highest BCUT2D eigenvalue weighted by Gasteiger charge is 2.44. The number of aliphatic hydroxyl groups is 2. The van der Waals surface area contributed by atoms with Crippen LogP contribution in [0, 0.1) is 0 Å². The SMILES string of the molecule is CC(C)(C)OC(=O)Nc1nc(/C(=N/OC(C)(C)C(=O)OC(C)(C)C)C(=O)N[C@H]2CN(C(=O)NS(=O)(=O)n3nc(-c4cc(=O)c(O)c[nH]4)n(C[C@@H](O)CO)c3=O)C2=O)cs1. The topological polar surface area (TPSA) is 345 Å². The van der Waals surface area contributed by atoms with Gasteiger partial charge in [-0.3, -0.25) is 29.2 Å². The maximum absolute atomic E-state index is 13.6. The summed E-state index contributed by atoms with van der Waals surface area (Å²) in [5.41, 5.74) is -7.06. The lowest BCUT2D eigenvalue weighted by Crippen LogP contribution is -2.68. The Balaban J connectivity index is 1.54. The van der Waals surface area contributed by atoms with Gasteiger partial charge >= 0.3 is 34.0 Å². The number of β-lactam (4-membered cyclic amide) rings is 1. The third-order valence-electron chi connectivity index (χ3n) is 7.32. The predicted molar refractivity (Wildman–Crippen MR) is 203 cm³/mol. The van der Waals surface area contributed by atoms with Crippen LogP contribution in [0.5, 0.6) is 5.75 Å². The third-order valence-corrected chi connectivity index (χ3v) is 9.21. The third kappa shape index (κ3) is 11.3. The van der Waals surface area contributed by atoms with E-state index in [9.17, 15) is 57.3 Å². The molecule has 0 bridgehead atoms. The number of anilines is 1. The number of aromatic hydroxyl groups is 1. The number of esters is 1. The number of thiazole rings is 1. The van der Waals surface area contributed by atoms with E-state index < -0.39 is 117 Å². The van der Waals surface area contributed by atoms with E-state index in [2.05, 4.69) is 30.9 Å². The number of pyridine rings is 1. The number of nitrogens with zero attached hydrogens (tertiary/aromatic N) is 6. The number of carbonyl (C=O) groups is 5. The molecule has 1 aliphatic rings. The van der Waals surface area contributed by atoms with Crippen molar-refractivity contribution in [2.24, 2.45) is 5.16 Å². The summed E-state index contributed by atoms with van der Waals surface area (Å²) in [7, 11) is -5.27. The van der Waals surface area contributed by atoms with Crippen molar-refractivity contribution < 1.29 is 62.0 Å². The summed E-state index contributed by atoms with van der Waals surface area (Å²) in [6, 6.07) is -2.27. The van der Waals surface area contributed by atoms with Gasteiger partial charge in [-0.2, -0.15) is 8.42 Å². The summed E-state index contributed by atoms with van der Waals surface area (Å²) >= 11 is 0.855. The van der Waals surface area contributed by atoms with Crippen LogP contribution < -0.4 is 26.5 Å². The molecule has 0 saturated carbocycles. The zero-order valence-electron chi connectivity index (χ0n) is 32.7. The molecule has 0 spiro atoms. The van der Waals surface area contributed by atoms with Crippen molar-refractivity contribution in [3.63, 3.8) is 0 Å². The number of amides is 5. The predicted octanol–water partition coefficient (Wildman–Crippen LogP) is -1.07. The molecular weight excluding hydrogens is 829 g/mol. The standard InChI is InChI=1S/C32H42N10O15S2/c1-30(2,3)55-25(49)32(7,8)57-38-21(18-14-58-26(35-18)36-28(51)56-31(4,5)6)23(47)34-17-12-41(24(17)48)27(50)39-59(53,54)42-29(52)40(11-15(44)13-43)22(37-42)16-9-19(45)20(46)10-33-16/h9-10,14-15,17,43-44,46H,11-13H2,1-8H3,(H,33,45)(H,34,47)(H,39,50)(H,35,36,51)/b38-21-/t15-,17+/m1/s1. The van der Waals surface area contributed by atoms with Crippen molar-refractivity contribution in [2.75, 3.05) is 18.5 Å². The van der Waals surface area contributed by atoms with Crippen LogP contribution in [0.3, 0.4) is 0 Å². The van der Waals surface area contributed by atoms with E-state index >= 15 is 0 Å². The number of nitrogens with one attached hydrogen (secondary N) is 4. The molecule has 1 saturated heterocycles. The van der Waals surface area contributed by atoms with Gasteiger partial charge in [0.25, 0.3) is 11.8 Å². The molecule has 3 aromatic heterocycles. The van der Waals surface area contributed by atoms with Gasteiger partial charge in [0.1, 0.15) is 22.9 Å². The van der Waals surface area contributed by atoms with E-state index in [1.807, 2.05) is 0 Å². The summed E-state index contributed by atoms with van der Waals surface area (Å²) in [5.74, 6) is -4.39. The average Bonchev–Trinajstić information content (AvgIpc) is 3.69. The Kier molecular flexibility index (Phi) is 13.1. The van der Waals surface area contributed by atoms with Crippen LogP contribution in [0.4, 0.5) is 14.7 Å². The molecule has 0 aromatic carbocycles. The molecule has 27 heteroatoms. The first-order valence-corrected chi connectivity index (χ1v) is 19.5. The maximum atomic E-state index is 13.6. The highest BCUT2D eigenvalue weighted by molar-refractivity contribution is 7.88. The number of carbonyl (C=O) groups excluding carboxylic acids is 5. The van der Waals surface area contributed by atoms with Gasteiger partial charge in [0.15, 0.2) is 22.4 Å². The minimum Gasteiger partial charge on any atom is -0.503 e. The van der Waals surface area contributed by atoms with Crippen molar-refractivity contribution in [3.8, 4) is 17.3 Å². The number of aromatic nitrogens is 5. The molecule has 5 amide bonds. The number of likely N-dealkylation sites (tertiary alicyclic amines) is 1.